The number of carbonyl (C=O) groups excluding carboxylic acids is 2. The van der Waals surface area contributed by atoms with Gasteiger partial charge in [-0.05, 0) is 11.8 Å². The lowest BCUT2D eigenvalue weighted by Crippen LogP contribution is -2.33. The van der Waals surface area contributed by atoms with Crippen LogP contribution in [0.4, 0.5) is 0 Å². The molecule has 82 valence electrons. The number of hydrogen-bond acceptors (Lipinski definition) is 2. The van der Waals surface area contributed by atoms with Crippen LogP contribution in [0.25, 0.3) is 0 Å². The fraction of sp³-hybridized carbons (Fsp3) is 0.800. The van der Waals surface area contributed by atoms with Crippen LogP contribution in [0, 0.1) is 11.3 Å². The molecule has 0 aliphatic carbocycles. The fourth-order valence-electron chi connectivity index (χ4n) is 1.44. The lowest BCUT2D eigenvalue weighted by molar-refractivity contribution is -0.129. The maximum absolute atomic E-state index is 11.4. The third-order valence-electron chi connectivity index (χ3n) is 1.92. The van der Waals surface area contributed by atoms with Crippen LogP contribution in [0.5, 0.6) is 0 Å². The summed E-state index contributed by atoms with van der Waals surface area (Å²) in [5.41, 5.74) is 5.11. The molecule has 0 spiro atoms. The number of hydrogen-bond donors (Lipinski definition) is 2. The molecule has 0 aliphatic heterocycles. The van der Waals surface area contributed by atoms with Crippen molar-refractivity contribution in [3.63, 3.8) is 0 Å². The van der Waals surface area contributed by atoms with Gasteiger partial charge in [-0.15, -0.1) is 0 Å². The molecule has 0 saturated carbocycles. The van der Waals surface area contributed by atoms with Crippen LogP contribution in [0.15, 0.2) is 0 Å². The highest BCUT2D eigenvalue weighted by atomic mass is 16.2. The van der Waals surface area contributed by atoms with Gasteiger partial charge in [0.1, 0.15) is 0 Å². The van der Waals surface area contributed by atoms with Crippen LogP contribution < -0.4 is 11.1 Å². The number of nitrogens with two attached hydrogens (primary N) is 1. The van der Waals surface area contributed by atoms with Crippen molar-refractivity contribution in [2.24, 2.45) is 17.1 Å². The first-order chi connectivity index (χ1) is 6.26. The number of primary amides is 1. The third-order valence-corrected chi connectivity index (χ3v) is 1.92. The van der Waals surface area contributed by atoms with E-state index < -0.39 is 5.91 Å². The van der Waals surface area contributed by atoms with Gasteiger partial charge < -0.3 is 11.1 Å². The summed E-state index contributed by atoms with van der Waals surface area (Å²) in [6.07, 6.45) is 0.784. The molecule has 3 N–H and O–H groups in total. The zero-order chi connectivity index (χ0) is 11.4. The molecule has 4 heteroatoms. The molecular weight excluding hydrogens is 180 g/mol. The van der Waals surface area contributed by atoms with Crippen molar-refractivity contribution in [1.29, 1.82) is 0 Å². The Labute approximate surface area is 85.2 Å². The summed E-state index contributed by atoms with van der Waals surface area (Å²) in [6.45, 7) is 6.10. The van der Waals surface area contributed by atoms with Crippen LogP contribution in [-0.4, -0.2) is 18.9 Å². The van der Waals surface area contributed by atoms with E-state index in [0.717, 1.165) is 0 Å². The van der Waals surface area contributed by atoms with E-state index in [-0.39, 0.29) is 23.7 Å². The summed E-state index contributed by atoms with van der Waals surface area (Å²) in [5.74, 6) is -0.848. The van der Waals surface area contributed by atoms with Crippen LogP contribution in [0.3, 0.4) is 0 Å². The summed E-state index contributed by atoms with van der Waals surface area (Å²) in [4.78, 5) is 22.2. The Morgan fingerprint density at radius 2 is 1.86 bits per heavy atom. The highest BCUT2D eigenvalue weighted by Gasteiger charge is 2.25. The van der Waals surface area contributed by atoms with Gasteiger partial charge in [0.25, 0.3) is 0 Å². The second-order valence-corrected chi connectivity index (χ2v) is 4.75. The Kier molecular flexibility index (Phi) is 4.60. The highest BCUT2D eigenvalue weighted by molar-refractivity contribution is 5.84. The van der Waals surface area contributed by atoms with Gasteiger partial charge in [-0.1, -0.05) is 20.8 Å². The molecule has 0 fully saturated rings. The molecule has 0 saturated heterocycles. The highest BCUT2D eigenvalue weighted by Crippen LogP contribution is 2.26. The second-order valence-electron chi connectivity index (χ2n) is 4.75. The fourth-order valence-corrected chi connectivity index (χ4v) is 1.44. The molecule has 0 heterocycles. The minimum atomic E-state index is -0.428. The van der Waals surface area contributed by atoms with Crippen molar-refractivity contribution >= 4 is 11.8 Å². The lowest BCUT2D eigenvalue weighted by Gasteiger charge is -2.23. The average molecular weight is 200 g/mol. The van der Waals surface area contributed by atoms with E-state index in [9.17, 15) is 9.59 Å². The SMILES string of the molecule is CNC(=O)C(CC(N)=O)CC(C)(C)C. The minimum absolute atomic E-state index is 0.0205. The number of carbonyl (C=O) groups is 2. The first-order valence-electron chi connectivity index (χ1n) is 4.76. The molecule has 0 aromatic rings. The Bertz CT molecular complexity index is 219. The molecule has 0 aromatic heterocycles. The standard InChI is InChI=1S/C10H20N2O2/c1-10(2,3)6-7(5-8(11)13)9(14)12-4/h7H,5-6H2,1-4H3,(H2,11,13)(H,12,14). The van der Waals surface area contributed by atoms with E-state index in [1.165, 1.54) is 0 Å². The molecule has 1 unspecified atom stereocenters. The number of nitrogens with one attached hydrogen (secondary N) is 1. The second kappa shape index (κ2) is 4.98. The third kappa shape index (κ3) is 5.56. The van der Waals surface area contributed by atoms with Crippen molar-refractivity contribution < 1.29 is 9.59 Å². The van der Waals surface area contributed by atoms with Crippen molar-refractivity contribution in [2.75, 3.05) is 7.05 Å². The first-order valence-corrected chi connectivity index (χ1v) is 4.76. The molecule has 14 heavy (non-hydrogen) atoms. The monoisotopic (exact) mass is 200 g/mol. The van der Waals surface area contributed by atoms with Crippen LogP contribution in [-0.2, 0) is 9.59 Å². The van der Waals surface area contributed by atoms with Gasteiger partial charge in [-0.3, -0.25) is 9.59 Å². The number of amides is 2. The minimum Gasteiger partial charge on any atom is -0.370 e. The molecule has 2 amide bonds. The normalized spacial score (nSPS) is 13.4. The zero-order valence-electron chi connectivity index (χ0n) is 9.39. The zero-order valence-corrected chi connectivity index (χ0v) is 9.39. The quantitative estimate of drug-likeness (QED) is 0.699. The van der Waals surface area contributed by atoms with E-state index in [2.05, 4.69) is 5.32 Å². The van der Waals surface area contributed by atoms with Crippen LogP contribution in [0.2, 0.25) is 0 Å². The maximum atomic E-state index is 11.4. The Morgan fingerprint density at radius 3 is 2.14 bits per heavy atom. The predicted octanol–water partition coefficient (Wildman–Crippen LogP) is 0.660. The topological polar surface area (TPSA) is 72.2 Å². The van der Waals surface area contributed by atoms with Crippen LogP contribution >= 0.6 is 0 Å². The molecule has 0 bridgehead atoms. The maximum Gasteiger partial charge on any atom is 0.223 e. The summed E-state index contributed by atoms with van der Waals surface area (Å²) in [5, 5.41) is 2.55. The molecule has 0 radical (unpaired) electrons. The van der Waals surface area contributed by atoms with Crippen molar-refractivity contribution in [3.05, 3.63) is 0 Å². The van der Waals surface area contributed by atoms with Crippen molar-refractivity contribution in [2.45, 2.75) is 33.6 Å². The van der Waals surface area contributed by atoms with E-state index in [4.69, 9.17) is 5.73 Å². The largest absolute Gasteiger partial charge is 0.370 e. The Balaban J connectivity index is 4.40. The van der Waals surface area contributed by atoms with Gasteiger partial charge in [0.2, 0.25) is 11.8 Å². The van der Waals surface area contributed by atoms with E-state index in [1.54, 1.807) is 7.05 Å². The molecule has 0 aliphatic rings. The summed E-state index contributed by atoms with van der Waals surface area (Å²) >= 11 is 0. The smallest absolute Gasteiger partial charge is 0.223 e. The van der Waals surface area contributed by atoms with E-state index >= 15 is 0 Å². The van der Waals surface area contributed by atoms with Crippen molar-refractivity contribution in [1.82, 2.24) is 5.32 Å². The van der Waals surface area contributed by atoms with Gasteiger partial charge >= 0.3 is 0 Å². The molecule has 4 nitrogen and oxygen atoms in total. The molecular formula is C10H20N2O2. The van der Waals surface area contributed by atoms with Gasteiger partial charge in [-0.25, -0.2) is 0 Å². The lowest BCUT2D eigenvalue weighted by atomic mass is 9.82. The summed E-state index contributed by atoms with van der Waals surface area (Å²) < 4.78 is 0. The molecule has 1 atom stereocenters. The van der Waals surface area contributed by atoms with Crippen molar-refractivity contribution in [3.8, 4) is 0 Å². The van der Waals surface area contributed by atoms with Gasteiger partial charge in [0.05, 0.1) is 0 Å². The number of rotatable bonds is 4. The van der Waals surface area contributed by atoms with E-state index in [0.29, 0.717) is 6.42 Å². The van der Waals surface area contributed by atoms with Crippen LogP contribution in [0.1, 0.15) is 33.6 Å². The summed E-state index contributed by atoms with van der Waals surface area (Å²) in [6, 6.07) is 0. The van der Waals surface area contributed by atoms with Gasteiger partial charge in [0, 0.05) is 19.4 Å². The molecule has 0 aromatic carbocycles. The predicted molar refractivity (Wildman–Crippen MR) is 55.4 cm³/mol. The van der Waals surface area contributed by atoms with E-state index in [1.807, 2.05) is 20.8 Å². The van der Waals surface area contributed by atoms with Gasteiger partial charge in [-0.2, -0.15) is 0 Å². The Hall–Kier alpha value is -1.06. The Morgan fingerprint density at radius 1 is 1.36 bits per heavy atom. The van der Waals surface area contributed by atoms with Gasteiger partial charge in [0.15, 0.2) is 0 Å². The first kappa shape index (κ1) is 12.9. The summed E-state index contributed by atoms with van der Waals surface area (Å²) in [7, 11) is 1.57. The molecule has 0 rings (SSSR count). The average Bonchev–Trinajstić information content (AvgIpc) is 1.98.